The lowest BCUT2D eigenvalue weighted by Crippen LogP contribution is -2.54. The van der Waals surface area contributed by atoms with Crippen molar-refractivity contribution in [1.29, 1.82) is 0 Å². The summed E-state index contributed by atoms with van der Waals surface area (Å²) in [6.07, 6.45) is 0.970. The number of ether oxygens (including phenoxy) is 1. The van der Waals surface area contributed by atoms with Crippen molar-refractivity contribution in [3.63, 3.8) is 0 Å². The van der Waals surface area contributed by atoms with Crippen LogP contribution in [0.4, 0.5) is 4.79 Å². The van der Waals surface area contributed by atoms with Gasteiger partial charge in [0.1, 0.15) is 6.04 Å². The lowest BCUT2D eigenvalue weighted by Gasteiger charge is -2.26. The van der Waals surface area contributed by atoms with Crippen molar-refractivity contribution in [2.75, 3.05) is 20.2 Å². The third-order valence-corrected chi connectivity index (χ3v) is 4.77. The van der Waals surface area contributed by atoms with Gasteiger partial charge in [-0.3, -0.25) is 14.9 Å². The first-order valence-corrected chi connectivity index (χ1v) is 9.53. The fourth-order valence-electron chi connectivity index (χ4n) is 3.22. The summed E-state index contributed by atoms with van der Waals surface area (Å²) in [6, 6.07) is 5.92. The second-order valence-electron chi connectivity index (χ2n) is 6.94. The molecule has 166 valence electrons. The van der Waals surface area contributed by atoms with Crippen LogP contribution >= 0.6 is 12.4 Å². The summed E-state index contributed by atoms with van der Waals surface area (Å²) >= 11 is 0. The van der Waals surface area contributed by atoms with Crippen LogP contribution < -0.4 is 5.32 Å². The van der Waals surface area contributed by atoms with Gasteiger partial charge in [-0.1, -0.05) is 30.3 Å². The van der Waals surface area contributed by atoms with E-state index in [9.17, 15) is 24.3 Å². The maximum absolute atomic E-state index is 12.8. The maximum Gasteiger partial charge on any atom is 0.328 e. The van der Waals surface area contributed by atoms with Gasteiger partial charge in [0.25, 0.3) is 0 Å². The molecule has 1 aromatic rings. The van der Waals surface area contributed by atoms with E-state index in [2.05, 4.69) is 5.32 Å². The minimum absolute atomic E-state index is 0. The minimum Gasteiger partial charge on any atom is -0.480 e. The summed E-state index contributed by atoms with van der Waals surface area (Å²) in [4.78, 5) is 50.8. The van der Waals surface area contributed by atoms with E-state index in [4.69, 9.17) is 4.74 Å². The number of hydrogen-bond donors (Lipinski definition) is 2. The number of carbonyl (C=O) groups is 4. The third-order valence-electron chi connectivity index (χ3n) is 4.77. The Balaban J connectivity index is 0.00000450. The van der Waals surface area contributed by atoms with Crippen LogP contribution in [0.1, 0.15) is 25.8 Å². The molecule has 3 amide bonds. The summed E-state index contributed by atoms with van der Waals surface area (Å²) < 4.78 is 5.10. The second-order valence-corrected chi connectivity index (χ2v) is 6.94. The number of aryl methyl sites for hydroxylation is 1. The fourth-order valence-corrected chi connectivity index (χ4v) is 3.22. The Bertz CT molecular complexity index is 760. The molecule has 9 nitrogen and oxygen atoms in total. The molecule has 0 radical (unpaired) electrons. The number of aliphatic carboxylic acids is 1. The number of amides is 3. The van der Waals surface area contributed by atoms with Gasteiger partial charge < -0.3 is 14.7 Å². The average molecular weight is 442 g/mol. The average Bonchev–Trinajstić information content (AvgIpc) is 3.00. The topological polar surface area (TPSA) is 116 Å². The molecule has 1 heterocycles. The Morgan fingerprint density at radius 2 is 1.90 bits per heavy atom. The molecule has 0 saturated carbocycles. The fraction of sp³-hybridized carbons (Fsp3) is 0.500. The molecule has 3 atom stereocenters. The number of hydrogen-bond acceptors (Lipinski definition) is 6. The van der Waals surface area contributed by atoms with Crippen LogP contribution in [-0.4, -0.2) is 77.1 Å². The number of carboxylic acid groups (broad SMARTS) is 1. The van der Waals surface area contributed by atoms with Crippen LogP contribution in [0.15, 0.2) is 30.3 Å². The Kier molecular flexibility index (Phi) is 9.74. The van der Waals surface area contributed by atoms with Gasteiger partial charge in [-0.2, -0.15) is 0 Å². The van der Waals surface area contributed by atoms with E-state index in [0.29, 0.717) is 12.8 Å². The van der Waals surface area contributed by atoms with Crippen molar-refractivity contribution in [1.82, 2.24) is 15.1 Å². The first kappa shape index (κ1) is 25.4. The zero-order valence-electron chi connectivity index (χ0n) is 17.2. The number of urea groups is 1. The first-order chi connectivity index (χ1) is 13.8. The predicted molar refractivity (Wildman–Crippen MR) is 111 cm³/mol. The number of esters is 1. The van der Waals surface area contributed by atoms with Crippen molar-refractivity contribution in [3.8, 4) is 0 Å². The smallest absolute Gasteiger partial charge is 0.328 e. The van der Waals surface area contributed by atoms with E-state index in [-0.39, 0.29) is 25.6 Å². The van der Waals surface area contributed by atoms with Crippen LogP contribution in [0, 0.1) is 0 Å². The van der Waals surface area contributed by atoms with E-state index in [1.807, 2.05) is 30.3 Å². The Labute approximate surface area is 181 Å². The van der Waals surface area contributed by atoms with E-state index >= 15 is 0 Å². The van der Waals surface area contributed by atoms with Crippen LogP contribution in [0.5, 0.6) is 0 Å². The highest BCUT2D eigenvalue weighted by atomic mass is 35.5. The molecule has 10 heteroatoms. The molecule has 2 rings (SSSR count). The number of carbonyl (C=O) groups excluding carboxylic acids is 3. The zero-order chi connectivity index (χ0) is 21.6. The summed E-state index contributed by atoms with van der Waals surface area (Å²) in [5.41, 5.74) is 1.03. The highest BCUT2D eigenvalue weighted by molar-refractivity contribution is 6.02. The third kappa shape index (κ3) is 6.17. The van der Waals surface area contributed by atoms with Crippen molar-refractivity contribution in [2.24, 2.45) is 0 Å². The van der Waals surface area contributed by atoms with Gasteiger partial charge in [-0.15, -0.1) is 12.4 Å². The van der Waals surface area contributed by atoms with Gasteiger partial charge in [0.05, 0.1) is 19.2 Å². The number of likely N-dealkylation sites (N-methyl/N-ethyl adjacent to an activating group) is 1. The van der Waals surface area contributed by atoms with Gasteiger partial charge >= 0.3 is 18.0 Å². The van der Waals surface area contributed by atoms with Crippen LogP contribution in [0.25, 0.3) is 0 Å². The predicted octanol–water partition coefficient (Wildman–Crippen LogP) is 1.30. The molecule has 0 aliphatic carbocycles. The summed E-state index contributed by atoms with van der Waals surface area (Å²) in [6.45, 7) is 3.31. The maximum atomic E-state index is 12.8. The Morgan fingerprint density at radius 1 is 1.27 bits per heavy atom. The Morgan fingerprint density at radius 3 is 2.47 bits per heavy atom. The number of carboxylic acids is 1. The molecular formula is C20H28ClN3O6. The quantitative estimate of drug-likeness (QED) is 0.555. The lowest BCUT2D eigenvalue weighted by atomic mass is 10.0. The lowest BCUT2D eigenvalue weighted by molar-refractivity contribution is -0.148. The van der Waals surface area contributed by atoms with Crippen molar-refractivity contribution < 1.29 is 29.0 Å². The van der Waals surface area contributed by atoms with Crippen LogP contribution in [0.2, 0.25) is 0 Å². The van der Waals surface area contributed by atoms with Crippen LogP contribution in [0.3, 0.4) is 0 Å². The number of benzene rings is 1. The highest BCUT2D eigenvalue weighted by Gasteiger charge is 2.45. The molecule has 1 saturated heterocycles. The zero-order valence-corrected chi connectivity index (χ0v) is 18.1. The van der Waals surface area contributed by atoms with E-state index in [1.54, 1.807) is 6.92 Å². The molecular weight excluding hydrogens is 414 g/mol. The molecule has 1 unspecified atom stereocenters. The van der Waals surface area contributed by atoms with Gasteiger partial charge in [-0.05, 0) is 32.3 Å². The van der Waals surface area contributed by atoms with Crippen molar-refractivity contribution in [2.45, 2.75) is 44.8 Å². The molecule has 0 aromatic heterocycles. The summed E-state index contributed by atoms with van der Waals surface area (Å²) in [7, 11) is 1.44. The van der Waals surface area contributed by atoms with E-state index < -0.39 is 42.0 Å². The van der Waals surface area contributed by atoms with Gasteiger partial charge in [-0.25, -0.2) is 14.5 Å². The minimum atomic E-state index is -1.26. The Hall–Kier alpha value is -2.65. The number of nitrogens with zero attached hydrogens (tertiary/aromatic N) is 2. The molecule has 30 heavy (non-hydrogen) atoms. The highest BCUT2D eigenvalue weighted by Crippen LogP contribution is 2.17. The number of nitrogens with one attached hydrogen (secondary N) is 1. The number of halogens is 1. The summed E-state index contributed by atoms with van der Waals surface area (Å²) in [5, 5.41) is 12.2. The normalized spacial score (nSPS) is 17.8. The molecule has 1 aliphatic heterocycles. The van der Waals surface area contributed by atoms with E-state index in [0.717, 1.165) is 10.5 Å². The molecule has 0 spiro atoms. The van der Waals surface area contributed by atoms with Gasteiger partial charge in [0.15, 0.2) is 6.04 Å². The molecule has 2 N–H and O–H groups in total. The summed E-state index contributed by atoms with van der Waals surface area (Å²) in [5.74, 6) is -2.45. The standard InChI is InChI=1S/C20H27N3O6.ClH/c1-4-29-19(27)15(11-10-14-8-6-5-7-9-14)21-13(2)17(24)23-16(18(25)26)12-22(3)20(23)28;/h5-9,13,15-16,21H,4,10-12H2,1-3H3,(H,25,26);1H/t13-,15?,16-;/m0./s1. The number of imide groups is 1. The van der Waals surface area contributed by atoms with Gasteiger partial charge in [0, 0.05) is 7.05 Å². The SMILES string of the molecule is CCOC(=O)C(CCc1ccccc1)N[C@@H](C)C(=O)N1C(=O)N(C)C[C@H]1C(=O)O.Cl. The molecule has 1 fully saturated rings. The van der Waals surface area contributed by atoms with Gasteiger partial charge in [0.2, 0.25) is 5.91 Å². The molecule has 1 aromatic carbocycles. The number of rotatable bonds is 9. The first-order valence-electron chi connectivity index (χ1n) is 9.53. The van der Waals surface area contributed by atoms with Crippen molar-refractivity contribution >= 4 is 36.3 Å². The largest absolute Gasteiger partial charge is 0.480 e. The second kappa shape index (κ2) is 11.5. The van der Waals surface area contributed by atoms with Crippen LogP contribution in [-0.2, 0) is 25.5 Å². The monoisotopic (exact) mass is 441 g/mol. The molecule has 1 aliphatic rings. The van der Waals surface area contributed by atoms with Crippen molar-refractivity contribution in [3.05, 3.63) is 35.9 Å². The van der Waals surface area contributed by atoms with E-state index in [1.165, 1.54) is 18.9 Å². The molecule has 0 bridgehead atoms.